The standard InChI is InChI=1S/C17H26FN/c1-3-4-13-5-8-17(19)15(10-13)11-14-6-7-16(18)9-12(14)2/h6-7,9,13,15,17H,3-5,8,10-11,19H2,1-2H3. The third-order valence-corrected chi connectivity index (χ3v) is 4.63. The molecule has 1 fully saturated rings. The summed E-state index contributed by atoms with van der Waals surface area (Å²) in [7, 11) is 0. The van der Waals surface area contributed by atoms with Crippen molar-refractivity contribution in [1.82, 2.24) is 0 Å². The first-order chi connectivity index (χ1) is 9.10. The van der Waals surface area contributed by atoms with E-state index in [1.807, 2.05) is 13.0 Å². The van der Waals surface area contributed by atoms with Crippen LogP contribution in [0.15, 0.2) is 18.2 Å². The van der Waals surface area contributed by atoms with Crippen LogP contribution in [-0.2, 0) is 6.42 Å². The lowest BCUT2D eigenvalue weighted by molar-refractivity contribution is 0.221. The zero-order valence-electron chi connectivity index (χ0n) is 12.2. The topological polar surface area (TPSA) is 26.0 Å². The lowest BCUT2D eigenvalue weighted by Crippen LogP contribution is -2.37. The van der Waals surface area contributed by atoms with Crippen molar-refractivity contribution < 1.29 is 4.39 Å². The van der Waals surface area contributed by atoms with Crippen LogP contribution in [0.25, 0.3) is 0 Å². The number of rotatable bonds is 4. The van der Waals surface area contributed by atoms with Crippen LogP contribution in [0.4, 0.5) is 4.39 Å². The maximum absolute atomic E-state index is 13.1. The molecule has 0 spiro atoms. The summed E-state index contributed by atoms with van der Waals surface area (Å²) >= 11 is 0. The van der Waals surface area contributed by atoms with E-state index in [2.05, 4.69) is 6.92 Å². The van der Waals surface area contributed by atoms with Gasteiger partial charge >= 0.3 is 0 Å². The predicted octanol–water partition coefficient (Wildman–Crippen LogP) is 4.22. The minimum Gasteiger partial charge on any atom is -0.327 e. The number of nitrogens with two attached hydrogens (primary N) is 1. The first kappa shape index (κ1) is 14.5. The van der Waals surface area contributed by atoms with Gasteiger partial charge in [0.2, 0.25) is 0 Å². The molecular weight excluding hydrogens is 237 g/mol. The Morgan fingerprint density at radius 2 is 2.11 bits per heavy atom. The number of benzene rings is 1. The number of hydrogen-bond acceptors (Lipinski definition) is 1. The van der Waals surface area contributed by atoms with Crippen molar-refractivity contribution in [2.45, 2.75) is 58.4 Å². The molecular formula is C17H26FN. The van der Waals surface area contributed by atoms with E-state index in [1.165, 1.54) is 31.2 Å². The van der Waals surface area contributed by atoms with Crippen LogP contribution in [0.5, 0.6) is 0 Å². The van der Waals surface area contributed by atoms with Crippen LogP contribution in [0.3, 0.4) is 0 Å². The number of halogens is 1. The van der Waals surface area contributed by atoms with E-state index in [0.29, 0.717) is 12.0 Å². The Morgan fingerprint density at radius 3 is 2.79 bits per heavy atom. The van der Waals surface area contributed by atoms with Gasteiger partial charge in [0.25, 0.3) is 0 Å². The van der Waals surface area contributed by atoms with Gasteiger partial charge in [-0.1, -0.05) is 25.8 Å². The van der Waals surface area contributed by atoms with Crippen molar-refractivity contribution in [3.8, 4) is 0 Å². The highest BCUT2D eigenvalue weighted by Crippen LogP contribution is 2.33. The van der Waals surface area contributed by atoms with E-state index < -0.39 is 0 Å². The van der Waals surface area contributed by atoms with E-state index >= 15 is 0 Å². The molecule has 3 unspecified atom stereocenters. The highest BCUT2D eigenvalue weighted by atomic mass is 19.1. The lowest BCUT2D eigenvalue weighted by atomic mass is 9.74. The molecule has 1 aromatic rings. The summed E-state index contributed by atoms with van der Waals surface area (Å²) in [5, 5.41) is 0. The normalized spacial score (nSPS) is 27.5. The second kappa shape index (κ2) is 6.51. The summed E-state index contributed by atoms with van der Waals surface area (Å²) in [6, 6.07) is 5.45. The highest BCUT2D eigenvalue weighted by Gasteiger charge is 2.28. The van der Waals surface area contributed by atoms with Crippen molar-refractivity contribution in [2.75, 3.05) is 0 Å². The second-order valence-corrected chi connectivity index (χ2v) is 6.17. The van der Waals surface area contributed by atoms with Crippen molar-refractivity contribution in [3.05, 3.63) is 35.1 Å². The Hall–Kier alpha value is -0.890. The van der Waals surface area contributed by atoms with Gasteiger partial charge in [-0.2, -0.15) is 0 Å². The molecule has 1 aliphatic rings. The number of aryl methyl sites for hydroxylation is 1. The molecule has 106 valence electrons. The van der Waals surface area contributed by atoms with Crippen LogP contribution in [0.1, 0.15) is 50.2 Å². The fourth-order valence-corrected chi connectivity index (χ4v) is 3.46. The van der Waals surface area contributed by atoms with E-state index in [-0.39, 0.29) is 5.82 Å². The molecule has 0 aromatic heterocycles. The molecule has 1 aliphatic carbocycles. The molecule has 3 atom stereocenters. The SMILES string of the molecule is CCCC1CCC(N)C(Cc2ccc(F)cc2C)C1. The monoisotopic (exact) mass is 263 g/mol. The summed E-state index contributed by atoms with van der Waals surface area (Å²) in [6.45, 7) is 4.25. The molecule has 2 N–H and O–H groups in total. The van der Waals surface area contributed by atoms with Crippen LogP contribution < -0.4 is 5.73 Å². The summed E-state index contributed by atoms with van der Waals surface area (Å²) < 4.78 is 13.1. The maximum Gasteiger partial charge on any atom is 0.123 e. The van der Waals surface area contributed by atoms with Crippen LogP contribution >= 0.6 is 0 Å². The first-order valence-corrected chi connectivity index (χ1v) is 7.60. The molecule has 1 aromatic carbocycles. The van der Waals surface area contributed by atoms with E-state index in [1.54, 1.807) is 12.1 Å². The Labute approximate surface area is 116 Å². The van der Waals surface area contributed by atoms with Gasteiger partial charge in [-0.15, -0.1) is 0 Å². The van der Waals surface area contributed by atoms with Crippen molar-refractivity contribution >= 4 is 0 Å². The average molecular weight is 263 g/mol. The third kappa shape index (κ3) is 3.79. The Bertz CT molecular complexity index is 416. The van der Waals surface area contributed by atoms with Crippen LogP contribution in [-0.4, -0.2) is 6.04 Å². The van der Waals surface area contributed by atoms with Crippen molar-refractivity contribution in [1.29, 1.82) is 0 Å². The van der Waals surface area contributed by atoms with Gasteiger partial charge in [-0.05, 0) is 67.7 Å². The fraction of sp³-hybridized carbons (Fsp3) is 0.647. The molecule has 19 heavy (non-hydrogen) atoms. The molecule has 1 nitrogen and oxygen atoms in total. The quantitative estimate of drug-likeness (QED) is 0.864. The smallest absolute Gasteiger partial charge is 0.123 e. The van der Waals surface area contributed by atoms with Gasteiger partial charge < -0.3 is 5.73 Å². The fourth-order valence-electron chi connectivity index (χ4n) is 3.46. The molecule has 2 heteroatoms. The van der Waals surface area contributed by atoms with Crippen molar-refractivity contribution in [3.63, 3.8) is 0 Å². The van der Waals surface area contributed by atoms with E-state index in [0.717, 1.165) is 24.3 Å². The van der Waals surface area contributed by atoms with Crippen LogP contribution in [0.2, 0.25) is 0 Å². The molecule has 1 saturated carbocycles. The van der Waals surface area contributed by atoms with Gasteiger partial charge in [0.15, 0.2) is 0 Å². The Kier molecular flexibility index (Phi) is 4.98. The molecule has 0 heterocycles. The zero-order valence-corrected chi connectivity index (χ0v) is 12.2. The maximum atomic E-state index is 13.1. The van der Waals surface area contributed by atoms with E-state index in [4.69, 9.17) is 5.73 Å². The van der Waals surface area contributed by atoms with Gasteiger partial charge in [0, 0.05) is 6.04 Å². The zero-order chi connectivity index (χ0) is 13.8. The van der Waals surface area contributed by atoms with E-state index in [9.17, 15) is 4.39 Å². The summed E-state index contributed by atoms with van der Waals surface area (Å²) in [4.78, 5) is 0. The number of hydrogen-bond donors (Lipinski definition) is 1. The minimum atomic E-state index is -0.141. The summed E-state index contributed by atoms with van der Waals surface area (Å²) in [5.41, 5.74) is 8.61. The first-order valence-electron chi connectivity index (χ1n) is 7.60. The molecule has 0 amide bonds. The van der Waals surface area contributed by atoms with Crippen LogP contribution in [0, 0.1) is 24.6 Å². The molecule has 0 bridgehead atoms. The molecule has 2 rings (SSSR count). The van der Waals surface area contributed by atoms with Gasteiger partial charge in [0.05, 0.1) is 0 Å². The lowest BCUT2D eigenvalue weighted by Gasteiger charge is -2.34. The third-order valence-electron chi connectivity index (χ3n) is 4.63. The predicted molar refractivity (Wildman–Crippen MR) is 78.6 cm³/mol. The summed E-state index contributed by atoms with van der Waals surface area (Å²) in [5.74, 6) is 1.27. The molecule has 0 saturated heterocycles. The molecule has 0 radical (unpaired) electrons. The Morgan fingerprint density at radius 1 is 1.32 bits per heavy atom. The summed E-state index contributed by atoms with van der Waals surface area (Å²) in [6.07, 6.45) is 7.27. The Balaban J connectivity index is 2.03. The highest BCUT2D eigenvalue weighted by molar-refractivity contribution is 5.27. The van der Waals surface area contributed by atoms with Crippen molar-refractivity contribution in [2.24, 2.45) is 17.6 Å². The average Bonchev–Trinajstić information content (AvgIpc) is 2.37. The van der Waals surface area contributed by atoms with Gasteiger partial charge in [-0.25, -0.2) is 4.39 Å². The minimum absolute atomic E-state index is 0.141. The second-order valence-electron chi connectivity index (χ2n) is 6.17. The molecule has 0 aliphatic heterocycles. The van der Waals surface area contributed by atoms with Gasteiger partial charge in [-0.3, -0.25) is 0 Å². The van der Waals surface area contributed by atoms with Gasteiger partial charge in [0.1, 0.15) is 5.82 Å². The largest absolute Gasteiger partial charge is 0.327 e.